The second-order valence-electron chi connectivity index (χ2n) is 5.34. The minimum absolute atomic E-state index is 0.241. The van der Waals surface area contributed by atoms with E-state index >= 15 is 0 Å². The minimum Gasteiger partial charge on any atom is -0.210 e. The molecule has 0 unspecified atom stereocenters. The van der Waals surface area contributed by atoms with Crippen LogP contribution >= 0.6 is 0 Å². The third-order valence-electron chi connectivity index (χ3n) is 3.43. The van der Waals surface area contributed by atoms with E-state index in [9.17, 15) is 8.42 Å². The van der Waals surface area contributed by atoms with Crippen LogP contribution in [0.3, 0.4) is 0 Å². The average molecular weight is 312 g/mol. The summed E-state index contributed by atoms with van der Waals surface area (Å²) in [6, 6.07) is 14.5. The number of aryl methyl sites for hydroxylation is 2. The lowest BCUT2D eigenvalue weighted by atomic mass is 10.1. The maximum Gasteiger partial charge on any atom is 0.245 e. The molecule has 0 fully saturated rings. The Bertz CT molecular complexity index is 774. The van der Waals surface area contributed by atoms with Crippen molar-refractivity contribution < 1.29 is 8.42 Å². The fourth-order valence-electron chi connectivity index (χ4n) is 2.04. The van der Waals surface area contributed by atoms with E-state index in [0.29, 0.717) is 0 Å². The molecule has 0 bridgehead atoms. The lowest BCUT2D eigenvalue weighted by Crippen LogP contribution is -1.96. The van der Waals surface area contributed by atoms with Gasteiger partial charge in [0.05, 0.1) is 4.90 Å². The van der Waals surface area contributed by atoms with Crippen LogP contribution in [0.15, 0.2) is 53.4 Å². The molecule has 0 spiro atoms. The van der Waals surface area contributed by atoms with Crippen LogP contribution in [0.2, 0.25) is 0 Å². The van der Waals surface area contributed by atoms with E-state index in [-0.39, 0.29) is 4.90 Å². The second-order valence-corrected chi connectivity index (χ2v) is 7.03. The van der Waals surface area contributed by atoms with Crippen LogP contribution in [0.5, 0.6) is 0 Å². The number of rotatable bonds is 4. The van der Waals surface area contributed by atoms with Crippen molar-refractivity contribution in [1.82, 2.24) is 0 Å². The number of sulfone groups is 1. The van der Waals surface area contributed by atoms with Gasteiger partial charge in [-0.2, -0.15) is 0 Å². The standard InChI is InChI=1S/C19H20O2S/c1-3-4-5-17-8-10-18(11-9-17)14-15-22(20,21)19-12-6-16(2)7-13-19/h6-13H,3-5H2,1-2H3. The van der Waals surface area contributed by atoms with E-state index in [1.807, 2.05) is 31.2 Å². The second kappa shape index (κ2) is 7.29. The predicted octanol–water partition coefficient (Wildman–Crippen LogP) is 4.12. The highest BCUT2D eigenvalue weighted by atomic mass is 32.2. The van der Waals surface area contributed by atoms with Gasteiger partial charge in [0.1, 0.15) is 0 Å². The molecule has 22 heavy (non-hydrogen) atoms. The van der Waals surface area contributed by atoms with Crippen LogP contribution in [0, 0.1) is 18.1 Å². The maximum absolute atomic E-state index is 12.2. The topological polar surface area (TPSA) is 34.1 Å². The Morgan fingerprint density at radius 2 is 1.59 bits per heavy atom. The zero-order chi connectivity index (χ0) is 16.0. The highest BCUT2D eigenvalue weighted by molar-refractivity contribution is 7.96. The van der Waals surface area contributed by atoms with E-state index in [1.54, 1.807) is 24.3 Å². The van der Waals surface area contributed by atoms with Crippen molar-refractivity contribution in [3.8, 4) is 11.2 Å². The Kier molecular flexibility index (Phi) is 5.41. The summed E-state index contributed by atoms with van der Waals surface area (Å²) in [4.78, 5) is 0.241. The van der Waals surface area contributed by atoms with Gasteiger partial charge in [-0.25, -0.2) is 8.42 Å². The van der Waals surface area contributed by atoms with Crippen molar-refractivity contribution >= 4 is 9.84 Å². The molecular formula is C19H20O2S. The normalized spacial score (nSPS) is 10.8. The van der Waals surface area contributed by atoms with E-state index in [2.05, 4.69) is 18.1 Å². The molecule has 0 saturated carbocycles. The summed E-state index contributed by atoms with van der Waals surface area (Å²) in [7, 11) is -3.56. The summed E-state index contributed by atoms with van der Waals surface area (Å²) in [6.45, 7) is 4.08. The van der Waals surface area contributed by atoms with Crippen molar-refractivity contribution in [3.63, 3.8) is 0 Å². The number of unbranched alkanes of at least 4 members (excludes halogenated alkanes) is 1. The molecule has 0 N–H and O–H groups in total. The molecule has 2 rings (SSSR count). The molecule has 0 aliphatic heterocycles. The van der Waals surface area contributed by atoms with Crippen molar-refractivity contribution in [2.45, 2.75) is 38.0 Å². The maximum atomic E-state index is 12.2. The Balaban J connectivity index is 2.16. The van der Waals surface area contributed by atoms with Crippen LogP contribution in [-0.4, -0.2) is 8.42 Å². The van der Waals surface area contributed by atoms with Gasteiger partial charge in [0.2, 0.25) is 9.84 Å². The fourth-order valence-corrected chi connectivity index (χ4v) is 2.90. The van der Waals surface area contributed by atoms with Gasteiger partial charge in [-0.05, 0) is 55.5 Å². The van der Waals surface area contributed by atoms with Crippen molar-refractivity contribution in [2.75, 3.05) is 0 Å². The fraction of sp³-hybridized carbons (Fsp3) is 0.263. The minimum atomic E-state index is -3.56. The average Bonchev–Trinajstić information content (AvgIpc) is 2.52. The number of hydrogen-bond acceptors (Lipinski definition) is 2. The molecule has 2 aromatic carbocycles. The molecule has 2 nitrogen and oxygen atoms in total. The molecule has 2 aromatic rings. The quantitative estimate of drug-likeness (QED) is 0.796. The lowest BCUT2D eigenvalue weighted by molar-refractivity contribution is 0.606. The van der Waals surface area contributed by atoms with Crippen LogP contribution in [-0.2, 0) is 16.3 Å². The number of hydrogen-bond donors (Lipinski definition) is 0. The van der Waals surface area contributed by atoms with Gasteiger partial charge in [-0.1, -0.05) is 43.2 Å². The van der Waals surface area contributed by atoms with E-state index in [0.717, 1.165) is 30.4 Å². The first-order valence-electron chi connectivity index (χ1n) is 7.44. The zero-order valence-corrected chi connectivity index (χ0v) is 13.8. The SMILES string of the molecule is CCCCc1ccc(C#CS(=O)(=O)c2ccc(C)cc2)cc1. The summed E-state index contributed by atoms with van der Waals surface area (Å²) in [6.07, 6.45) is 3.37. The third kappa shape index (κ3) is 4.47. The number of benzene rings is 2. The van der Waals surface area contributed by atoms with Gasteiger partial charge in [0.25, 0.3) is 0 Å². The summed E-state index contributed by atoms with van der Waals surface area (Å²) in [5, 5.41) is 2.40. The summed E-state index contributed by atoms with van der Waals surface area (Å²) >= 11 is 0. The summed E-state index contributed by atoms with van der Waals surface area (Å²) in [5.41, 5.74) is 3.00. The summed E-state index contributed by atoms with van der Waals surface area (Å²) in [5.74, 6) is 2.74. The molecule has 3 heteroatoms. The molecular weight excluding hydrogens is 292 g/mol. The van der Waals surface area contributed by atoms with Gasteiger partial charge in [-0.15, -0.1) is 0 Å². The van der Waals surface area contributed by atoms with Gasteiger partial charge in [-0.3, -0.25) is 0 Å². The van der Waals surface area contributed by atoms with E-state index < -0.39 is 9.84 Å². The highest BCUT2D eigenvalue weighted by Gasteiger charge is 2.09. The van der Waals surface area contributed by atoms with Gasteiger partial charge in [0, 0.05) is 10.8 Å². The first-order chi connectivity index (χ1) is 10.5. The molecule has 0 heterocycles. The van der Waals surface area contributed by atoms with Gasteiger partial charge in [0.15, 0.2) is 0 Å². The molecule has 114 valence electrons. The molecule has 0 saturated heterocycles. The molecule has 0 aliphatic carbocycles. The summed E-state index contributed by atoms with van der Waals surface area (Å²) < 4.78 is 24.3. The Labute approximate surface area is 133 Å². The van der Waals surface area contributed by atoms with Crippen molar-refractivity contribution in [2.24, 2.45) is 0 Å². The first-order valence-corrected chi connectivity index (χ1v) is 8.93. The lowest BCUT2D eigenvalue weighted by Gasteiger charge is -1.99. The Morgan fingerprint density at radius 1 is 0.955 bits per heavy atom. The predicted molar refractivity (Wildman–Crippen MR) is 90.3 cm³/mol. The van der Waals surface area contributed by atoms with Gasteiger partial charge < -0.3 is 0 Å². The third-order valence-corrected chi connectivity index (χ3v) is 4.70. The van der Waals surface area contributed by atoms with Crippen molar-refractivity contribution in [1.29, 1.82) is 0 Å². The van der Waals surface area contributed by atoms with Crippen LogP contribution in [0.1, 0.15) is 36.5 Å². The molecule has 0 amide bonds. The highest BCUT2D eigenvalue weighted by Crippen LogP contribution is 2.12. The monoisotopic (exact) mass is 312 g/mol. The van der Waals surface area contributed by atoms with Crippen LogP contribution < -0.4 is 0 Å². The smallest absolute Gasteiger partial charge is 0.210 e. The van der Waals surface area contributed by atoms with Crippen LogP contribution in [0.4, 0.5) is 0 Å². The van der Waals surface area contributed by atoms with Crippen LogP contribution in [0.25, 0.3) is 0 Å². The Hall–Kier alpha value is -2.05. The molecule has 0 aromatic heterocycles. The van der Waals surface area contributed by atoms with E-state index in [1.165, 1.54) is 5.56 Å². The van der Waals surface area contributed by atoms with Crippen molar-refractivity contribution in [3.05, 3.63) is 65.2 Å². The first kappa shape index (κ1) is 16.3. The largest absolute Gasteiger partial charge is 0.245 e. The molecule has 0 aliphatic rings. The molecule has 0 radical (unpaired) electrons. The zero-order valence-electron chi connectivity index (χ0n) is 13.0. The molecule has 0 atom stereocenters. The van der Waals surface area contributed by atoms with Gasteiger partial charge >= 0.3 is 0 Å². The Morgan fingerprint density at radius 3 is 2.18 bits per heavy atom. The van der Waals surface area contributed by atoms with E-state index in [4.69, 9.17) is 0 Å².